The van der Waals surface area contributed by atoms with Gasteiger partial charge in [0.15, 0.2) is 5.54 Å². The van der Waals surface area contributed by atoms with E-state index in [4.69, 9.17) is 14.9 Å². The maximum Gasteiger partial charge on any atom is 0.407 e. The minimum atomic E-state index is -1.72. The number of alkyl carbamates (subject to hydrolysis) is 1. The fourth-order valence-electron chi connectivity index (χ4n) is 3.62. The predicted molar refractivity (Wildman–Crippen MR) is 114 cm³/mol. The topological polar surface area (TPSA) is 125 Å². The van der Waals surface area contributed by atoms with E-state index in [2.05, 4.69) is 22.8 Å². The summed E-state index contributed by atoms with van der Waals surface area (Å²) in [5, 5.41) is 23.1. The summed E-state index contributed by atoms with van der Waals surface area (Å²) < 4.78 is 5.41. The van der Waals surface area contributed by atoms with Gasteiger partial charge in [0.2, 0.25) is 5.91 Å². The molecule has 3 rings (SSSR count). The number of carbonyl (C=O) groups is 3. The van der Waals surface area contributed by atoms with Gasteiger partial charge in [-0.3, -0.25) is 4.79 Å². The van der Waals surface area contributed by atoms with Crippen molar-refractivity contribution in [3.05, 3.63) is 59.7 Å². The van der Waals surface area contributed by atoms with Crippen molar-refractivity contribution in [2.24, 2.45) is 0 Å². The first kappa shape index (κ1) is 22.3. The Labute approximate surface area is 180 Å². The van der Waals surface area contributed by atoms with Gasteiger partial charge < -0.3 is 25.6 Å². The number of carboxylic acid groups (broad SMARTS) is 1. The Bertz CT molecular complexity index is 931. The van der Waals surface area contributed by atoms with Crippen LogP contribution in [0.5, 0.6) is 0 Å². The third-order valence-electron chi connectivity index (χ3n) is 5.40. The van der Waals surface area contributed by atoms with Crippen molar-refractivity contribution in [1.82, 2.24) is 10.6 Å². The summed E-state index contributed by atoms with van der Waals surface area (Å²) in [7, 11) is 0. The fraction of sp³-hybridized carbons (Fsp3) is 0.348. The van der Waals surface area contributed by atoms with Crippen molar-refractivity contribution in [1.29, 1.82) is 0 Å². The molecule has 0 bridgehead atoms. The second kappa shape index (κ2) is 9.61. The molecule has 0 saturated heterocycles. The summed E-state index contributed by atoms with van der Waals surface area (Å²) in [6.45, 7) is 0.912. The Morgan fingerprint density at radius 2 is 1.61 bits per heavy atom. The van der Waals surface area contributed by atoms with Crippen LogP contribution in [0.25, 0.3) is 11.1 Å². The Hall–Kier alpha value is -3.39. The lowest BCUT2D eigenvalue weighted by Crippen LogP contribution is -2.54. The molecule has 0 radical (unpaired) electrons. The molecule has 2 aromatic carbocycles. The normalized spacial score (nSPS) is 14.1. The minimum Gasteiger partial charge on any atom is -0.479 e. The van der Waals surface area contributed by atoms with E-state index in [1.54, 1.807) is 0 Å². The lowest BCUT2D eigenvalue weighted by Gasteiger charge is -2.23. The van der Waals surface area contributed by atoms with E-state index < -0.39 is 30.1 Å². The fourth-order valence-corrected chi connectivity index (χ4v) is 3.62. The molecule has 2 aromatic rings. The third-order valence-corrected chi connectivity index (χ3v) is 5.40. The van der Waals surface area contributed by atoms with Gasteiger partial charge >= 0.3 is 12.1 Å². The van der Waals surface area contributed by atoms with E-state index in [9.17, 15) is 14.4 Å². The number of aliphatic carboxylic acids is 1. The number of rotatable bonds is 9. The van der Waals surface area contributed by atoms with Crippen LogP contribution in [-0.2, 0) is 14.3 Å². The largest absolute Gasteiger partial charge is 0.479 e. The Morgan fingerprint density at radius 1 is 1.03 bits per heavy atom. The summed E-state index contributed by atoms with van der Waals surface area (Å²) in [4.78, 5) is 35.1. The van der Waals surface area contributed by atoms with Gasteiger partial charge in [-0.05, 0) is 35.6 Å². The minimum absolute atomic E-state index is 0.00647. The van der Waals surface area contributed by atoms with Gasteiger partial charge in [0.25, 0.3) is 0 Å². The van der Waals surface area contributed by atoms with Gasteiger partial charge in [-0.1, -0.05) is 48.5 Å². The number of hydrogen-bond acceptors (Lipinski definition) is 5. The number of hydrogen-bond donors (Lipinski definition) is 4. The predicted octanol–water partition coefficient (Wildman–Crippen LogP) is 2.26. The zero-order valence-corrected chi connectivity index (χ0v) is 17.3. The van der Waals surface area contributed by atoms with E-state index in [1.165, 1.54) is 6.92 Å². The number of benzene rings is 2. The average molecular weight is 426 g/mol. The highest BCUT2D eigenvalue weighted by molar-refractivity contribution is 5.86. The average Bonchev–Trinajstić information content (AvgIpc) is 3.09. The molecule has 2 amide bonds. The number of fused-ring (bicyclic) bond motifs is 3. The molecule has 4 N–H and O–H groups in total. The molecule has 0 spiro atoms. The number of ether oxygens (including phenoxy) is 1. The summed E-state index contributed by atoms with van der Waals surface area (Å²) >= 11 is 0. The standard InChI is InChI=1S/C23H26N2O6/c1-23(14-26,21(28)29)25-20(27)11-6-12-24-22(30)31-13-19-17-9-4-2-7-15(17)16-8-3-5-10-18(16)19/h2-5,7-10,19,26H,6,11-14H2,1H3,(H,24,30)(H,25,27)(H,28,29). The zero-order valence-electron chi connectivity index (χ0n) is 17.3. The van der Waals surface area contributed by atoms with Crippen LogP contribution in [0.1, 0.15) is 36.8 Å². The van der Waals surface area contributed by atoms with Crippen LogP contribution in [0, 0.1) is 0 Å². The van der Waals surface area contributed by atoms with Gasteiger partial charge in [0.1, 0.15) is 6.61 Å². The van der Waals surface area contributed by atoms with Gasteiger partial charge in [-0.25, -0.2) is 9.59 Å². The van der Waals surface area contributed by atoms with Crippen molar-refractivity contribution in [2.45, 2.75) is 31.2 Å². The van der Waals surface area contributed by atoms with E-state index in [0.29, 0.717) is 6.42 Å². The molecule has 0 heterocycles. The van der Waals surface area contributed by atoms with Gasteiger partial charge in [0.05, 0.1) is 6.61 Å². The first-order chi connectivity index (χ1) is 14.9. The number of amides is 2. The molecular formula is C23H26N2O6. The summed E-state index contributed by atoms with van der Waals surface area (Å²) in [6, 6.07) is 16.1. The van der Waals surface area contributed by atoms with E-state index in [-0.39, 0.29) is 25.5 Å². The maximum absolute atomic E-state index is 12.1. The molecule has 164 valence electrons. The lowest BCUT2D eigenvalue weighted by atomic mass is 9.98. The Morgan fingerprint density at radius 3 is 2.16 bits per heavy atom. The highest BCUT2D eigenvalue weighted by Gasteiger charge is 2.34. The summed E-state index contributed by atoms with van der Waals surface area (Å²) in [5.41, 5.74) is 2.82. The van der Waals surface area contributed by atoms with Crippen molar-refractivity contribution in [3.8, 4) is 11.1 Å². The smallest absolute Gasteiger partial charge is 0.407 e. The van der Waals surface area contributed by atoms with Gasteiger partial charge in [-0.2, -0.15) is 0 Å². The van der Waals surface area contributed by atoms with E-state index in [1.807, 2.05) is 36.4 Å². The monoisotopic (exact) mass is 426 g/mol. The molecule has 1 unspecified atom stereocenters. The summed E-state index contributed by atoms with van der Waals surface area (Å²) in [5.74, 6) is -1.87. The first-order valence-electron chi connectivity index (χ1n) is 10.1. The van der Waals surface area contributed by atoms with Crippen molar-refractivity contribution >= 4 is 18.0 Å². The molecule has 1 aliphatic rings. The highest BCUT2D eigenvalue weighted by Crippen LogP contribution is 2.44. The molecule has 1 aliphatic carbocycles. The molecule has 0 aromatic heterocycles. The van der Waals surface area contributed by atoms with E-state index in [0.717, 1.165) is 22.3 Å². The van der Waals surface area contributed by atoms with Crippen LogP contribution in [0.3, 0.4) is 0 Å². The molecular weight excluding hydrogens is 400 g/mol. The second-order valence-corrected chi connectivity index (χ2v) is 7.70. The third kappa shape index (κ3) is 5.03. The molecule has 0 fully saturated rings. The van der Waals surface area contributed by atoms with Crippen molar-refractivity contribution < 1.29 is 29.3 Å². The Kier molecular flexibility index (Phi) is 6.91. The second-order valence-electron chi connectivity index (χ2n) is 7.70. The summed E-state index contributed by atoms with van der Waals surface area (Å²) in [6.07, 6.45) is -0.267. The molecule has 31 heavy (non-hydrogen) atoms. The van der Waals surface area contributed by atoms with Crippen LogP contribution in [0.2, 0.25) is 0 Å². The molecule has 0 aliphatic heterocycles. The molecule has 1 atom stereocenters. The van der Waals surface area contributed by atoms with Crippen LogP contribution >= 0.6 is 0 Å². The van der Waals surface area contributed by atoms with Crippen LogP contribution in [0.4, 0.5) is 4.79 Å². The van der Waals surface area contributed by atoms with Crippen LogP contribution < -0.4 is 10.6 Å². The zero-order chi connectivity index (χ0) is 22.4. The highest BCUT2D eigenvalue weighted by atomic mass is 16.5. The molecule has 8 nitrogen and oxygen atoms in total. The molecule has 8 heteroatoms. The number of aliphatic hydroxyl groups excluding tert-OH is 1. The van der Waals surface area contributed by atoms with Crippen LogP contribution in [0.15, 0.2) is 48.5 Å². The maximum atomic E-state index is 12.1. The SMILES string of the molecule is CC(CO)(NC(=O)CCCNC(=O)OCC1c2ccccc2-c2ccccc21)C(=O)O. The van der Waals surface area contributed by atoms with Gasteiger partial charge in [0, 0.05) is 18.9 Å². The number of aliphatic hydroxyl groups is 1. The van der Waals surface area contributed by atoms with Gasteiger partial charge in [-0.15, -0.1) is 0 Å². The first-order valence-corrected chi connectivity index (χ1v) is 10.1. The number of nitrogens with one attached hydrogen (secondary N) is 2. The van der Waals surface area contributed by atoms with Crippen LogP contribution in [-0.4, -0.2) is 53.5 Å². The van der Waals surface area contributed by atoms with E-state index >= 15 is 0 Å². The lowest BCUT2D eigenvalue weighted by molar-refractivity contribution is -0.148. The number of carbonyl (C=O) groups excluding carboxylic acids is 2. The quantitative estimate of drug-likeness (QED) is 0.456. The van der Waals surface area contributed by atoms with Crippen molar-refractivity contribution in [2.75, 3.05) is 19.8 Å². The van der Waals surface area contributed by atoms with Crippen molar-refractivity contribution in [3.63, 3.8) is 0 Å². The Balaban J connectivity index is 1.44. The molecule has 0 saturated carbocycles. The number of carboxylic acids is 1.